The van der Waals surface area contributed by atoms with Gasteiger partial charge >= 0.3 is 0 Å². The van der Waals surface area contributed by atoms with Gasteiger partial charge in [-0.15, -0.1) is 0 Å². The van der Waals surface area contributed by atoms with Gasteiger partial charge < -0.3 is 8.89 Å². The van der Waals surface area contributed by atoms with Gasteiger partial charge in [-0.1, -0.05) is 6.58 Å². The van der Waals surface area contributed by atoms with Crippen LogP contribution in [0.5, 0.6) is 0 Å². The van der Waals surface area contributed by atoms with E-state index in [9.17, 15) is 0 Å². The normalized spacial score (nSPS) is 17.1. The quantitative estimate of drug-likeness (QED) is 0.364. The fourth-order valence-corrected chi connectivity index (χ4v) is 2.28. The summed E-state index contributed by atoms with van der Waals surface area (Å²) >= 11 is 0. The molecule has 0 spiro atoms. The molecule has 0 saturated carbocycles. The van der Waals surface area contributed by atoms with Gasteiger partial charge in [0.1, 0.15) is 0 Å². The number of hydrogen-bond acceptors (Lipinski definition) is 1. The molecule has 0 aromatic rings. The van der Waals surface area contributed by atoms with Gasteiger partial charge in [0.05, 0.1) is 13.6 Å². The van der Waals surface area contributed by atoms with Gasteiger partial charge in [0.15, 0.2) is 6.73 Å². The van der Waals surface area contributed by atoms with Crippen LogP contribution in [0.3, 0.4) is 0 Å². The Morgan fingerprint density at radius 3 is 2.17 bits per heavy atom. The third-order valence-electron chi connectivity index (χ3n) is 2.57. The van der Waals surface area contributed by atoms with Gasteiger partial charge in [0, 0.05) is 7.11 Å². The Hall–Kier alpha value is -0.123. The van der Waals surface area contributed by atoms with Crippen LogP contribution in [-0.2, 0) is 4.74 Å². The van der Waals surface area contributed by atoms with Gasteiger partial charge in [-0.25, -0.2) is 0 Å². The molecule has 0 aromatic carbocycles. The highest BCUT2D eigenvalue weighted by atomic mass is 28.3. The van der Waals surface area contributed by atoms with Crippen molar-refractivity contribution in [1.29, 1.82) is 0 Å². The minimum atomic E-state index is -1.21. The number of likely N-dealkylation sites (N-methyl/N-ethyl adjacent to an activating group) is 1. The smallest absolute Gasteiger partial charge is 0.278 e. The predicted molar refractivity (Wildman–Crippen MR) is 56.5 cm³/mol. The highest BCUT2D eigenvalue weighted by Gasteiger charge is 2.38. The van der Waals surface area contributed by atoms with Crippen molar-refractivity contribution in [2.45, 2.75) is 19.6 Å². The minimum absolute atomic E-state index is 0.793. The Labute approximate surface area is 77.5 Å². The highest BCUT2D eigenvalue weighted by Crippen LogP contribution is 2.18. The van der Waals surface area contributed by atoms with Crippen molar-refractivity contribution in [3.63, 3.8) is 0 Å². The number of nitrogens with zero attached hydrogens (tertiary/aromatic N) is 1. The first kappa shape index (κ1) is 11.9. The summed E-state index contributed by atoms with van der Waals surface area (Å²) in [5.41, 5.74) is 0. The predicted octanol–water partition coefficient (Wildman–Crippen LogP) is 2.06. The molecular weight excluding hydrogens is 166 g/mol. The molecule has 12 heavy (non-hydrogen) atoms. The maximum absolute atomic E-state index is 5.25. The lowest BCUT2D eigenvalue weighted by molar-refractivity contribution is -0.828. The Morgan fingerprint density at radius 2 is 1.92 bits per heavy atom. The van der Waals surface area contributed by atoms with Gasteiger partial charge in [-0.2, -0.15) is 0 Å². The molecule has 0 N–H and O–H groups in total. The molecule has 1 unspecified atom stereocenters. The van der Waals surface area contributed by atoms with Crippen LogP contribution in [0.15, 0.2) is 12.7 Å². The van der Waals surface area contributed by atoms with Crippen molar-refractivity contribution >= 4 is 8.24 Å². The van der Waals surface area contributed by atoms with Crippen molar-refractivity contribution in [2.24, 2.45) is 0 Å². The van der Waals surface area contributed by atoms with Crippen molar-refractivity contribution in [3.8, 4) is 0 Å². The lowest BCUT2D eigenvalue weighted by Gasteiger charge is -2.43. The van der Waals surface area contributed by atoms with Crippen LogP contribution >= 0.6 is 0 Å². The van der Waals surface area contributed by atoms with E-state index in [0.29, 0.717) is 0 Å². The maximum Gasteiger partial charge on any atom is 0.278 e. The van der Waals surface area contributed by atoms with Crippen LogP contribution in [-0.4, -0.2) is 39.8 Å². The van der Waals surface area contributed by atoms with Gasteiger partial charge in [-0.05, 0) is 25.7 Å². The molecule has 0 bridgehead atoms. The van der Waals surface area contributed by atoms with E-state index in [0.717, 1.165) is 17.4 Å². The fraction of sp³-hybridized carbons (Fsp3) is 0.778. The summed E-state index contributed by atoms with van der Waals surface area (Å²) < 4.78 is 6.25. The Kier molecular flexibility index (Phi) is 4.17. The average Bonchev–Trinajstić information content (AvgIpc) is 1.86. The molecule has 0 rings (SSSR count). The Morgan fingerprint density at radius 1 is 1.42 bits per heavy atom. The van der Waals surface area contributed by atoms with E-state index in [1.165, 1.54) is 0 Å². The van der Waals surface area contributed by atoms with Crippen LogP contribution in [0.2, 0.25) is 19.6 Å². The number of rotatable bonds is 5. The Balaban J connectivity index is 4.48. The van der Waals surface area contributed by atoms with Crippen molar-refractivity contribution in [2.75, 3.05) is 27.4 Å². The topological polar surface area (TPSA) is 9.23 Å². The van der Waals surface area contributed by atoms with Crippen LogP contribution in [0, 0.1) is 0 Å². The summed E-state index contributed by atoms with van der Waals surface area (Å²) in [4.78, 5) is 0. The zero-order valence-electron chi connectivity index (χ0n) is 9.05. The summed E-state index contributed by atoms with van der Waals surface area (Å²) in [6, 6.07) is 0. The van der Waals surface area contributed by atoms with E-state index < -0.39 is 8.24 Å². The summed E-state index contributed by atoms with van der Waals surface area (Å²) in [6.07, 6.45) is 1.98. The zero-order chi connectivity index (χ0) is 9.83. The van der Waals surface area contributed by atoms with Crippen LogP contribution in [0.1, 0.15) is 0 Å². The molecule has 0 amide bonds. The minimum Gasteiger partial charge on any atom is -0.360 e. The largest absolute Gasteiger partial charge is 0.360 e. The van der Waals surface area contributed by atoms with E-state index in [1.54, 1.807) is 7.11 Å². The SMILES string of the molecule is C=CC[N+](C)(COC)[Si](C)(C)C. The van der Waals surface area contributed by atoms with Gasteiger partial charge in [0.25, 0.3) is 8.24 Å². The molecule has 0 aliphatic heterocycles. The van der Waals surface area contributed by atoms with Crippen molar-refractivity contribution in [1.82, 2.24) is 0 Å². The number of quaternary nitrogens is 1. The zero-order valence-corrected chi connectivity index (χ0v) is 10.1. The Bertz CT molecular complexity index is 153. The summed E-state index contributed by atoms with van der Waals surface area (Å²) in [6.45, 7) is 12.7. The first-order chi connectivity index (χ1) is 5.37. The fourth-order valence-electron chi connectivity index (χ4n) is 1.09. The molecular formula is C9H22NOSi+. The first-order valence-corrected chi connectivity index (χ1v) is 7.76. The number of hydrogen-bond donors (Lipinski definition) is 0. The number of methoxy groups -OCH3 is 1. The van der Waals surface area contributed by atoms with Crippen molar-refractivity contribution in [3.05, 3.63) is 12.7 Å². The van der Waals surface area contributed by atoms with E-state index in [1.807, 2.05) is 6.08 Å². The third-order valence-corrected chi connectivity index (χ3v) is 6.12. The molecule has 0 aliphatic rings. The molecule has 0 radical (unpaired) electrons. The highest BCUT2D eigenvalue weighted by molar-refractivity contribution is 6.68. The third kappa shape index (κ3) is 2.73. The van der Waals surface area contributed by atoms with E-state index in [4.69, 9.17) is 4.74 Å². The second-order valence-corrected chi connectivity index (χ2v) is 9.88. The molecule has 0 aromatic heterocycles. The molecule has 0 fully saturated rings. The summed E-state index contributed by atoms with van der Waals surface area (Å²) in [7, 11) is 2.80. The van der Waals surface area contributed by atoms with Crippen LogP contribution < -0.4 is 0 Å². The van der Waals surface area contributed by atoms with Gasteiger partial charge in [0.2, 0.25) is 0 Å². The summed E-state index contributed by atoms with van der Waals surface area (Å²) in [5.74, 6) is 0. The lowest BCUT2D eigenvalue weighted by Crippen LogP contribution is -2.61. The molecule has 72 valence electrons. The molecule has 3 heteroatoms. The lowest BCUT2D eigenvalue weighted by atomic mass is 10.6. The molecule has 0 heterocycles. The molecule has 2 nitrogen and oxygen atoms in total. The monoisotopic (exact) mass is 188 g/mol. The van der Waals surface area contributed by atoms with E-state index in [-0.39, 0.29) is 0 Å². The molecule has 1 atom stereocenters. The van der Waals surface area contributed by atoms with E-state index in [2.05, 4.69) is 33.3 Å². The van der Waals surface area contributed by atoms with Crippen molar-refractivity contribution < 1.29 is 8.89 Å². The summed E-state index contributed by atoms with van der Waals surface area (Å²) in [5, 5.41) is 0. The second-order valence-electron chi connectivity index (χ2n) is 4.46. The molecule has 0 aliphatic carbocycles. The molecule has 0 saturated heterocycles. The average molecular weight is 188 g/mol. The van der Waals surface area contributed by atoms with Crippen LogP contribution in [0.25, 0.3) is 0 Å². The van der Waals surface area contributed by atoms with Crippen LogP contribution in [0.4, 0.5) is 0 Å². The van der Waals surface area contributed by atoms with Gasteiger partial charge in [-0.3, -0.25) is 0 Å². The maximum atomic E-state index is 5.25. The second kappa shape index (κ2) is 4.21. The number of ether oxygens (including phenoxy) is 1. The van der Waals surface area contributed by atoms with E-state index >= 15 is 0 Å². The first-order valence-electron chi connectivity index (χ1n) is 4.32. The standard InChI is InChI=1S/C9H22NOSi/c1-7-8-10(2,9-11-3)12(4,5)6/h7H,1,8-9H2,2-6H3/q+1.